The fourth-order valence-electron chi connectivity index (χ4n) is 3.92. The third-order valence-electron chi connectivity index (χ3n) is 5.31. The van der Waals surface area contributed by atoms with Gasteiger partial charge in [0.25, 0.3) is 0 Å². The summed E-state index contributed by atoms with van der Waals surface area (Å²) < 4.78 is 55.0. The van der Waals surface area contributed by atoms with Gasteiger partial charge >= 0.3 is 12.6 Å². The Morgan fingerprint density at radius 2 is 2.14 bits per heavy atom. The molecule has 2 atom stereocenters. The van der Waals surface area contributed by atoms with Gasteiger partial charge in [-0.15, -0.1) is 4.36 Å². The number of carbonyl (C=O) groups is 1. The summed E-state index contributed by atoms with van der Waals surface area (Å²) >= 11 is 0. The molecule has 0 aromatic carbocycles. The summed E-state index contributed by atoms with van der Waals surface area (Å²) in [6, 6.07) is -1.04. The van der Waals surface area contributed by atoms with E-state index in [1.165, 1.54) is 0 Å². The van der Waals surface area contributed by atoms with E-state index < -0.39 is 33.3 Å². The van der Waals surface area contributed by atoms with Gasteiger partial charge in [0.1, 0.15) is 14.8 Å². The van der Waals surface area contributed by atoms with Crippen molar-refractivity contribution in [3.05, 3.63) is 34.7 Å². The van der Waals surface area contributed by atoms with Gasteiger partial charge in [0, 0.05) is 11.4 Å². The maximum Gasteiger partial charge on any atom is 0.354 e. The third-order valence-corrected chi connectivity index (χ3v) is 6.65. The molecule has 2 aliphatic rings. The monoisotopic (exact) mass is 428 g/mol. The van der Waals surface area contributed by atoms with Gasteiger partial charge < -0.3 is 5.32 Å². The van der Waals surface area contributed by atoms with E-state index in [2.05, 4.69) is 21.7 Å². The SMILES string of the molecule is C[C@@H]1CCc2c1nc1c(c2NC(=O)N=[S@@](N)(=O)c2cnn(C(F)F)c2F)CCC1. The summed E-state index contributed by atoms with van der Waals surface area (Å²) in [5.74, 6) is -1.33. The first-order chi connectivity index (χ1) is 13.7. The average Bonchev–Trinajstić information content (AvgIpc) is 3.33. The van der Waals surface area contributed by atoms with E-state index in [-0.39, 0.29) is 10.6 Å². The first-order valence-electron chi connectivity index (χ1n) is 9.10. The van der Waals surface area contributed by atoms with Crippen LogP contribution in [0.4, 0.5) is 23.7 Å². The van der Waals surface area contributed by atoms with Crippen LogP contribution in [0.3, 0.4) is 0 Å². The minimum atomic E-state index is -4.11. The summed E-state index contributed by atoms with van der Waals surface area (Å²) in [7, 11) is -4.11. The second kappa shape index (κ2) is 7.10. The van der Waals surface area contributed by atoms with Crippen LogP contribution in [0.15, 0.2) is 15.5 Å². The van der Waals surface area contributed by atoms with Crippen molar-refractivity contribution in [2.24, 2.45) is 9.50 Å². The minimum Gasteiger partial charge on any atom is -0.305 e. The number of fused-ring (bicyclic) bond motifs is 2. The van der Waals surface area contributed by atoms with Crippen LogP contribution in [0.1, 0.15) is 54.7 Å². The van der Waals surface area contributed by atoms with Gasteiger partial charge in [-0.1, -0.05) is 6.92 Å². The summed E-state index contributed by atoms with van der Waals surface area (Å²) in [5.41, 5.74) is 4.28. The van der Waals surface area contributed by atoms with Crippen molar-refractivity contribution in [3.63, 3.8) is 0 Å². The molecule has 0 aliphatic heterocycles. The topological polar surface area (TPSA) is 115 Å². The van der Waals surface area contributed by atoms with Crippen molar-refractivity contribution >= 4 is 21.6 Å². The molecule has 3 N–H and O–H groups in total. The highest BCUT2D eigenvalue weighted by Crippen LogP contribution is 2.41. The molecule has 0 saturated heterocycles. The normalized spacial score (nSPS) is 19.7. The molecule has 0 spiro atoms. The average molecular weight is 428 g/mol. The van der Waals surface area contributed by atoms with Crippen molar-refractivity contribution in [1.82, 2.24) is 14.8 Å². The molecule has 0 saturated carbocycles. The number of alkyl halides is 2. The highest BCUT2D eigenvalue weighted by molar-refractivity contribution is 7.91. The summed E-state index contributed by atoms with van der Waals surface area (Å²) in [6.45, 7) is -1.22. The number of pyridine rings is 1. The van der Waals surface area contributed by atoms with Crippen molar-refractivity contribution in [1.29, 1.82) is 0 Å². The summed E-state index contributed by atoms with van der Waals surface area (Å²) in [4.78, 5) is 16.4. The zero-order valence-corrected chi connectivity index (χ0v) is 16.3. The summed E-state index contributed by atoms with van der Waals surface area (Å²) in [5, 5.41) is 11.2. The van der Waals surface area contributed by atoms with Crippen LogP contribution < -0.4 is 10.5 Å². The largest absolute Gasteiger partial charge is 0.354 e. The molecule has 0 unspecified atom stereocenters. The van der Waals surface area contributed by atoms with Gasteiger partial charge in [-0.2, -0.15) is 23.0 Å². The van der Waals surface area contributed by atoms with Crippen LogP contribution in [-0.4, -0.2) is 25.0 Å². The lowest BCUT2D eigenvalue weighted by molar-refractivity contribution is 0.0431. The van der Waals surface area contributed by atoms with Gasteiger partial charge in [-0.05, 0) is 49.1 Å². The molecule has 4 rings (SSSR count). The number of urea groups is 1. The number of amides is 2. The maximum absolute atomic E-state index is 14.0. The second-order valence-corrected chi connectivity index (χ2v) is 8.94. The van der Waals surface area contributed by atoms with Crippen LogP contribution >= 0.6 is 0 Å². The molecular weight excluding hydrogens is 409 g/mol. The fraction of sp³-hybridized carbons (Fsp3) is 0.471. The zero-order chi connectivity index (χ0) is 20.9. The standard InChI is InChI=1S/C17H19F3N6O2S/c1-8-5-6-10-13(8)23-11-4-2-3-9(11)14(10)24-17(27)25-29(21,28)12-7-22-26(15(12)18)16(19)20/h7-8,16H,2-6H2,1H3,(H3,21,23,24,25,27,28)/t8-,29-/m1/s1. The second-order valence-electron chi connectivity index (χ2n) is 7.18. The molecule has 156 valence electrons. The first-order valence-corrected chi connectivity index (χ1v) is 10.7. The van der Waals surface area contributed by atoms with Crippen LogP contribution in [0.5, 0.6) is 0 Å². The van der Waals surface area contributed by atoms with Gasteiger partial charge in [-0.25, -0.2) is 14.1 Å². The van der Waals surface area contributed by atoms with Gasteiger partial charge in [-0.3, -0.25) is 4.98 Å². The first kappa shape index (κ1) is 19.8. The predicted octanol–water partition coefficient (Wildman–Crippen LogP) is 3.28. The van der Waals surface area contributed by atoms with Gasteiger partial charge in [0.15, 0.2) is 0 Å². The summed E-state index contributed by atoms with van der Waals surface area (Å²) in [6.07, 6.45) is 4.68. The zero-order valence-electron chi connectivity index (χ0n) is 15.5. The van der Waals surface area contributed by atoms with Crippen molar-refractivity contribution in [3.8, 4) is 0 Å². The number of nitrogens with one attached hydrogen (secondary N) is 1. The number of rotatable bonds is 3. The number of nitrogens with two attached hydrogens (primary N) is 1. The smallest absolute Gasteiger partial charge is 0.305 e. The van der Waals surface area contributed by atoms with Crippen LogP contribution in [0.2, 0.25) is 0 Å². The quantitative estimate of drug-likeness (QED) is 0.780. The van der Waals surface area contributed by atoms with E-state index in [1.54, 1.807) is 0 Å². The van der Waals surface area contributed by atoms with Crippen molar-refractivity contribution in [2.45, 2.75) is 56.4 Å². The molecule has 8 nitrogen and oxygen atoms in total. The van der Waals surface area contributed by atoms with E-state index in [0.29, 0.717) is 11.9 Å². The minimum absolute atomic E-state index is 0.261. The fourth-order valence-corrected chi connectivity index (χ4v) is 4.84. The highest BCUT2D eigenvalue weighted by Gasteiger charge is 2.30. The molecule has 0 bridgehead atoms. The Morgan fingerprint density at radius 3 is 2.83 bits per heavy atom. The Bertz CT molecular complexity index is 1120. The van der Waals surface area contributed by atoms with E-state index in [0.717, 1.165) is 54.6 Å². The molecule has 29 heavy (non-hydrogen) atoms. The lowest BCUT2D eigenvalue weighted by Crippen LogP contribution is -2.20. The lowest BCUT2D eigenvalue weighted by Gasteiger charge is -2.15. The van der Waals surface area contributed by atoms with Crippen molar-refractivity contribution < 1.29 is 22.2 Å². The Balaban J connectivity index is 1.69. The number of carbonyl (C=O) groups excluding carboxylic acids is 1. The van der Waals surface area contributed by atoms with E-state index >= 15 is 0 Å². The van der Waals surface area contributed by atoms with E-state index in [1.807, 2.05) is 0 Å². The molecule has 2 aromatic rings. The number of aryl methyl sites for hydroxylation is 1. The van der Waals surface area contributed by atoms with E-state index in [9.17, 15) is 22.2 Å². The Kier molecular flexibility index (Phi) is 4.85. The Hall–Kier alpha value is -2.47. The Labute approximate surface area is 165 Å². The number of aromatic nitrogens is 3. The predicted molar refractivity (Wildman–Crippen MR) is 98.5 cm³/mol. The molecule has 2 heterocycles. The van der Waals surface area contributed by atoms with Crippen LogP contribution in [0, 0.1) is 5.95 Å². The highest BCUT2D eigenvalue weighted by atomic mass is 32.2. The molecule has 2 aromatic heterocycles. The molecule has 2 aliphatic carbocycles. The van der Waals surface area contributed by atoms with Gasteiger partial charge in [0.05, 0.1) is 11.9 Å². The number of hydrogen-bond acceptors (Lipinski definition) is 4. The molecule has 0 fully saturated rings. The number of halogens is 3. The third kappa shape index (κ3) is 3.39. The molecular formula is C17H19F3N6O2S. The van der Waals surface area contributed by atoms with Crippen LogP contribution in [0.25, 0.3) is 0 Å². The van der Waals surface area contributed by atoms with Crippen molar-refractivity contribution in [2.75, 3.05) is 5.32 Å². The van der Waals surface area contributed by atoms with Gasteiger partial charge in [0.2, 0.25) is 5.95 Å². The van der Waals surface area contributed by atoms with Crippen LogP contribution in [-0.2, 0) is 29.2 Å². The Morgan fingerprint density at radius 1 is 1.38 bits per heavy atom. The number of anilines is 1. The number of hydrogen-bond donors (Lipinski definition) is 2. The lowest BCUT2D eigenvalue weighted by atomic mass is 10.0. The molecule has 2 amide bonds. The molecule has 0 radical (unpaired) electrons. The van der Waals surface area contributed by atoms with E-state index in [4.69, 9.17) is 10.1 Å². The maximum atomic E-state index is 14.0. The number of nitrogens with zero attached hydrogens (tertiary/aromatic N) is 4. The molecule has 12 heteroatoms.